The smallest absolute Gasteiger partial charge is 0.230 e. The van der Waals surface area contributed by atoms with E-state index in [4.69, 9.17) is 6.57 Å². The van der Waals surface area contributed by atoms with Crippen LogP contribution in [0.1, 0.15) is 5.56 Å². The Morgan fingerprint density at radius 2 is 0.742 bits per heavy atom. The molecule has 0 saturated carbocycles. The molecule has 4 heterocycles. The number of fused-ring (bicyclic) bond motifs is 14. The summed E-state index contributed by atoms with van der Waals surface area (Å²) in [6.07, 6.45) is 0. The third-order valence-electron chi connectivity index (χ3n) is 13.8. The lowest BCUT2D eigenvalue weighted by Crippen LogP contribution is -2.02. The van der Waals surface area contributed by atoms with E-state index in [1.165, 1.54) is 21.5 Å². The normalized spacial score (nSPS) is 11.9. The molecule has 0 aliphatic heterocycles. The molecule has 6 nitrogen and oxygen atoms in total. The highest BCUT2D eigenvalue weighted by molar-refractivity contribution is 6.22. The van der Waals surface area contributed by atoms with Crippen molar-refractivity contribution >= 4 is 104 Å². The van der Waals surface area contributed by atoms with Gasteiger partial charge in [-0.05, 0) is 95.7 Å². The molecule has 0 aliphatic rings. The van der Waals surface area contributed by atoms with Crippen LogP contribution in [-0.4, -0.2) is 18.3 Å². The number of hydrogen-bond acceptors (Lipinski definition) is 1. The van der Waals surface area contributed by atoms with Gasteiger partial charge in [-0.1, -0.05) is 121 Å². The van der Waals surface area contributed by atoms with Crippen molar-refractivity contribution in [1.29, 1.82) is 5.26 Å². The summed E-state index contributed by atoms with van der Waals surface area (Å²) >= 11 is 0. The average Bonchev–Trinajstić information content (AvgIpc) is 4.10. The first-order chi connectivity index (χ1) is 32.7. The number of nitriles is 1. The van der Waals surface area contributed by atoms with E-state index < -0.39 is 0 Å². The quantitative estimate of drug-likeness (QED) is 0.163. The molecule has 0 amide bonds. The predicted molar refractivity (Wildman–Crippen MR) is 272 cm³/mol. The highest BCUT2D eigenvalue weighted by Crippen LogP contribution is 2.44. The number of para-hydroxylation sites is 5. The highest BCUT2D eigenvalue weighted by atomic mass is 15.0. The number of benzene rings is 10. The van der Waals surface area contributed by atoms with Crippen LogP contribution in [0.4, 0.5) is 5.69 Å². The fourth-order valence-electron chi connectivity index (χ4n) is 11.1. The summed E-state index contributed by atoms with van der Waals surface area (Å²) < 4.78 is 9.04. The fourth-order valence-corrected chi connectivity index (χ4v) is 11.1. The summed E-state index contributed by atoms with van der Waals surface area (Å²) in [5, 5.41) is 22.6. The molecule has 0 atom stereocenters. The van der Waals surface area contributed by atoms with E-state index in [0.29, 0.717) is 22.6 Å². The Hall–Kier alpha value is -9.36. The van der Waals surface area contributed by atoms with Gasteiger partial charge in [-0.3, -0.25) is 0 Å². The minimum absolute atomic E-state index is 0.307. The van der Waals surface area contributed by atoms with Crippen LogP contribution in [0.15, 0.2) is 206 Å². The van der Waals surface area contributed by atoms with E-state index >= 15 is 0 Å². The Labute approximate surface area is 377 Å². The van der Waals surface area contributed by atoms with Crippen molar-refractivity contribution in [2.45, 2.75) is 0 Å². The zero-order chi connectivity index (χ0) is 43.6. The summed E-state index contributed by atoms with van der Waals surface area (Å²) in [5.41, 5.74) is 12.5. The van der Waals surface area contributed by atoms with Crippen molar-refractivity contribution in [1.82, 2.24) is 18.3 Å². The van der Waals surface area contributed by atoms with Crippen LogP contribution in [0.5, 0.6) is 0 Å². The molecule has 0 fully saturated rings. The van der Waals surface area contributed by atoms with E-state index in [1.54, 1.807) is 0 Å². The van der Waals surface area contributed by atoms with E-state index in [2.05, 4.69) is 217 Å². The summed E-state index contributed by atoms with van der Waals surface area (Å²) in [5.74, 6) is 0. The van der Waals surface area contributed by atoms with Crippen LogP contribution in [0.25, 0.3) is 126 Å². The summed E-state index contributed by atoms with van der Waals surface area (Å²) in [6, 6.07) is 75.3. The lowest BCUT2D eigenvalue weighted by molar-refractivity contribution is 1.14. The topological polar surface area (TPSA) is 47.9 Å². The molecule has 14 aromatic rings. The Morgan fingerprint density at radius 3 is 1.27 bits per heavy atom. The largest absolute Gasteiger partial charge is 0.319 e. The van der Waals surface area contributed by atoms with E-state index in [1.807, 2.05) is 18.2 Å². The second kappa shape index (κ2) is 13.6. The lowest BCUT2D eigenvalue weighted by atomic mass is 10.0. The van der Waals surface area contributed by atoms with Crippen molar-refractivity contribution in [3.63, 3.8) is 0 Å². The van der Waals surface area contributed by atoms with Gasteiger partial charge in [-0.2, -0.15) is 5.26 Å². The van der Waals surface area contributed by atoms with Gasteiger partial charge in [0.25, 0.3) is 0 Å². The second-order valence-corrected chi connectivity index (χ2v) is 17.1. The van der Waals surface area contributed by atoms with E-state index in [0.717, 1.165) is 87.8 Å². The predicted octanol–water partition coefficient (Wildman–Crippen LogP) is 15.7. The van der Waals surface area contributed by atoms with Crippen molar-refractivity contribution in [3.8, 4) is 28.8 Å². The van der Waals surface area contributed by atoms with Gasteiger partial charge >= 0.3 is 0 Å². The zero-order valence-electron chi connectivity index (χ0n) is 35.3. The van der Waals surface area contributed by atoms with Gasteiger partial charge in [0, 0.05) is 54.5 Å². The van der Waals surface area contributed by atoms with Crippen LogP contribution in [-0.2, 0) is 0 Å². The van der Waals surface area contributed by atoms with Crippen LogP contribution in [0.2, 0.25) is 0 Å². The van der Waals surface area contributed by atoms with E-state index in [-0.39, 0.29) is 0 Å². The zero-order valence-corrected chi connectivity index (χ0v) is 35.3. The van der Waals surface area contributed by atoms with Gasteiger partial charge in [0.1, 0.15) is 0 Å². The van der Waals surface area contributed by atoms with Gasteiger partial charge in [-0.25, -0.2) is 4.85 Å². The van der Waals surface area contributed by atoms with Gasteiger partial charge in [0.15, 0.2) is 0 Å². The molecule has 6 heteroatoms. The van der Waals surface area contributed by atoms with Gasteiger partial charge in [0.05, 0.1) is 73.7 Å². The molecule has 0 radical (unpaired) electrons. The molecule has 0 unspecified atom stereocenters. The number of hydrogen-bond donors (Lipinski definition) is 0. The monoisotopic (exact) mass is 838 g/mol. The van der Waals surface area contributed by atoms with Crippen LogP contribution >= 0.6 is 0 Å². The van der Waals surface area contributed by atoms with Gasteiger partial charge in [-0.15, -0.1) is 0 Å². The minimum Gasteiger partial charge on any atom is -0.319 e. The van der Waals surface area contributed by atoms with Crippen molar-refractivity contribution < 1.29 is 0 Å². The molecular formula is C60H34N6. The molecule has 0 N–H and O–H groups in total. The first-order valence-corrected chi connectivity index (χ1v) is 22.1. The highest BCUT2D eigenvalue weighted by Gasteiger charge is 2.25. The maximum absolute atomic E-state index is 11.2. The maximum Gasteiger partial charge on any atom is 0.230 e. The summed E-state index contributed by atoms with van der Waals surface area (Å²) in [7, 11) is 0. The Bertz CT molecular complexity index is 4390. The first kappa shape index (κ1) is 36.2. The SMILES string of the molecule is [C-]#[N+]c1c(-n2c3ccc(-n4c5ccccc5c5ccccc54)cc3c3c4ccccc4ccc32)ccc(-n2c3ccccc3c3cc(-n4c5ccccc5c5ccccc54)ccc32)c1C#N. The summed E-state index contributed by atoms with van der Waals surface area (Å²) in [6.45, 7) is 8.79. The standard InChI is InChI=1S/C60H34N6/c1-62-60-48(36-61)56(65-53-25-13-8-20-45(53)46-34-38(27-30-54(46)65)63-49-21-9-4-16-41(49)42-17-5-10-22-50(42)63)32-33-58(60)66-55-31-28-39(35-47(55)59-40-15-3-2-14-37(40)26-29-57(59)66)64-51-23-11-6-18-43(51)44-19-7-12-24-52(44)64/h2-35H. The Morgan fingerprint density at radius 1 is 0.348 bits per heavy atom. The maximum atomic E-state index is 11.2. The van der Waals surface area contributed by atoms with Crippen molar-refractivity contribution in [3.05, 3.63) is 223 Å². The molecule has 14 rings (SSSR count). The third-order valence-corrected chi connectivity index (χ3v) is 13.8. The molecular weight excluding hydrogens is 805 g/mol. The van der Waals surface area contributed by atoms with Crippen LogP contribution in [0, 0.1) is 17.9 Å². The van der Waals surface area contributed by atoms with Crippen molar-refractivity contribution in [2.75, 3.05) is 0 Å². The Kier molecular flexibility index (Phi) is 7.43. The number of rotatable bonds is 4. The lowest BCUT2D eigenvalue weighted by Gasteiger charge is -2.16. The molecule has 0 saturated heterocycles. The molecule has 10 aromatic carbocycles. The molecule has 304 valence electrons. The van der Waals surface area contributed by atoms with E-state index in [9.17, 15) is 5.26 Å². The van der Waals surface area contributed by atoms with Crippen LogP contribution in [0.3, 0.4) is 0 Å². The number of aromatic nitrogens is 4. The molecule has 0 spiro atoms. The van der Waals surface area contributed by atoms with Gasteiger partial charge in [0.2, 0.25) is 5.69 Å². The fraction of sp³-hybridized carbons (Fsp3) is 0. The molecule has 4 aromatic heterocycles. The Balaban J connectivity index is 1.01. The summed E-state index contributed by atoms with van der Waals surface area (Å²) in [4.78, 5) is 4.22. The van der Waals surface area contributed by atoms with Gasteiger partial charge < -0.3 is 18.3 Å². The number of nitrogens with zero attached hydrogens (tertiary/aromatic N) is 6. The molecule has 0 aliphatic carbocycles. The third kappa shape index (κ3) is 4.82. The first-order valence-electron chi connectivity index (χ1n) is 22.1. The minimum atomic E-state index is 0.307. The second-order valence-electron chi connectivity index (χ2n) is 17.1. The molecule has 66 heavy (non-hydrogen) atoms. The average molecular weight is 839 g/mol. The molecule has 0 bridgehead atoms. The van der Waals surface area contributed by atoms with Crippen LogP contribution < -0.4 is 0 Å². The van der Waals surface area contributed by atoms with Crippen molar-refractivity contribution in [2.24, 2.45) is 0 Å².